The Hall–Kier alpha value is -1.06. The van der Waals surface area contributed by atoms with Crippen LogP contribution in [-0.2, 0) is 4.79 Å². The van der Waals surface area contributed by atoms with E-state index in [4.69, 9.17) is 11.6 Å². The van der Waals surface area contributed by atoms with Gasteiger partial charge in [0.15, 0.2) is 0 Å². The molecule has 4 aliphatic rings. The summed E-state index contributed by atoms with van der Waals surface area (Å²) in [5.41, 5.74) is 1.24. The smallest absolute Gasteiger partial charge is 0.237 e. The molecular weight excluding hydrogens is 332 g/mol. The maximum atomic E-state index is 12.9. The first-order valence-electron chi connectivity index (χ1n) is 9.76. The first kappa shape index (κ1) is 17.4. The summed E-state index contributed by atoms with van der Waals surface area (Å²) in [6, 6.07) is 7.76. The van der Waals surface area contributed by atoms with Crippen molar-refractivity contribution in [3.8, 4) is 0 Å². The molecule has 1 aromatic rings. The van der Waals surface area contributed by atoms with E-state index in [9.17, 15) is 4.79 Å². The summed E-state index contributed by atoms with van der Waals surface area (Å²) in [7, 11) is 0. The van der Waals surface area contributed by atoms with Crippen molar-refractivity contribution in [3.63, 3.8) is 0 Å². The Balaban J connectivity index is 1.37. The van der Waals surface area contributed by atoms with Crippen molar-refractivity contribution in [1.29, 1.82) is 0 Å². The van der Waals surface area contributed by atoms with Crippen LogP contribution < -0.4 is 10.6 Å². The molecule has 4 saturated carbocycles. The average molecular weight is 361 g/mol. The SMILES string of the molecule is C[C@H](N[C@H](C)C(=O)NC12CC3CC(CC(C3)C1)C2)c1ccc(Cl)cc1. The zero-order valence-corrected chi connectivity index (χ0v) is 16.0. The van der Waals surface area contributed by atoms with Crippen LogP contribution >= 0.6 is 11.6 Å². The predicted molar refractivity (Wildman–Crippen MR) is 102 cm³/mol. The summed E-state index contributed by atoms with van der Waals surface area (Å²) in [5, 5.41) is 7.65. The molecule has 25 heavy (non-hydrogen) atoms. The number of halogens is 1. The van der Waals surface area contributed by atoms with Crippen LogP contribution in [-0.4, -0.2) is 17.5 Å². The number of hydrogen-bond acceptors (Lipinski definition) is 2. The molecule has 136 valence electrons. The van der Waals surface area contributed by atoms with Crippen LogP contribution in [0.2, 0.25) is 5.02 Å². The third kappa shape index (κ3) is 3.59. The van der Waals surface area contributed by atoms with Crippen molar-refractivity contribution < 1.29 is 4.79 Å². The first-order chi connectivity index (χ1) is 11.9. The summed E-state index contributed by atoms with van der Waals surface area (Å²) in [6.07, 6.45) is 7.79. The molecule has 2 N–H and O–H groups in total. The van der Waals surface area contributed by atoms with E-state index in [-0.39, 0.29) is 23.5 Å². The largest absolute Gasteiger partial charge is 0.349 e. The highest BCUT2D eigenvalue weighted by molar-refractivity contribution is 6.30. The summed E-state index contributed by atoms with van der Waals surface area (Å²) < 4.78 is 0. The topological polar surface area (TPSA) is 41.1 Å². The molecule has 0 saturated heterocycles. The molecule has 5 rings (SSSR count). The predicted octanol–water partition coefficient (Wildman–Crippen LogP) is 4.46. The Morgan fingerprint density at radius 1 is 1.04 bits per heavy atom. The second-order valence-electron chi connectivity index (χ2n) is 8.85. The number of rotatable bonds is 5. The van der Waals surface area contributed by atoms with Crippen LogP contribution in [0.3, 0.4) is 0 Å². The lowest BCUT2D eigenvalue weighted by Gasteiger charge is -2.57. The second-order valence-corrected chi connectivity index (χ2v) is 9.29. The fourth-order valence-electron chi connectivity index (χ4n) is 5.93. The highest BCUT2D eigenvalue weighted by atomic mass is 35.5. The molecule has 0 radical (unpaired) electrons. The highest BCUT2D eigenvalue weighted by Gasteiger charge is 2.51. The molecule has 4 fully saturated rings. The van der Waals surface area contributed by atoms with Gasteiger partial charge in [-0.3, -0.25) is 10.1 Å². The molecule has 1 aromatic carbocycles. The maximum absolute atomic E-state index is 12.9. The number of carbonyl (C=O) groups excluding carboxylic acids is 1. The highest BCUT2D eigenvalue weighted by Crippen LogP contribution is 2.55. The minimum Gasteiger partial charge on any atom is -0.349 e. The van der Waals surface area contributed by atoms with Gasteiger partial charge in [-0.2, -0.15) is 0 Å². The molecule has 3 nitrogen and oxygen atoms in total. The lowest BCUT2D eigenvalue weighted by atomic mass is 9.53. The van der Waals surface area contributed by atoms with Gasteiger partial charge >= 0.3 is 0 Å². The van der Waals surface area contributed by atoms with Crippen LogP contribution in [0.25, 0.3) is 0 Å². The number of nitrogens with one attached hydrogen (secondary N) is 2. The summed E-state index contributed by atoms with van der Waals surface area (Å²) >= 11 is 5.96. The van der Waals surface area contributed by atoms with Gasteiger partial charge in [-0.1, -0.05) is 23.7 Å². The summed E-state index contributed by atoms with van der Waals surface area (Å²) in [6.45, 7) is 4.07. The minimum absolute atomic E-state index is 0.0886. The van der Waals surface area contributed by atoms with E-state index < -0.39 is 0 Å². The Bertz CT molecular complexity index is 607. The maximum Gasteiger partial charge on any atom is 0.237 e. The van der Waals surface area contributed by atoms with Crippen molar-refractivity contribution in [2.24, 2.45) is 17.8 Å². The summed E-state index contributed by atoms with van der Waals surface area (Å²) in [4.78, 5) is 12.9. The molecule has 2 atom stereocenters. The molecule has 0 spiro atoms. The van der Waals surface area contributed by atoms with Gasteiger partial charge in [0, 0.05) is 16.6 Å². The Labute approximate surface area is 155 Å². The van der Waals surface area contributed by atoms with Gasteiger partial charge < -0.3 is 5.32 Å². The van der Waals surface area contributed by atoms with Gasteiger partial charge in [0.2, 0.25) is 5.91 Å². The number of amides is 1. The van der Waals surface area contributed by atoms with Crippen molar-refractivity contribution in [1.82, 2.24) is 10.6 Å². The van der Waals surface area contributed by atoms with E-state index >= 15 is 0 Å². The second kappa shape index (κ2) is 6.59. The van der Waals surface area contributed by atoms with E-state index in [1.807, 2.05) is 31.2 Å². The van der Waals surface area contributed by atoms with Gasteiger partial charge in [-0.05, 0) is 87.8 Å². The van der Waals surface area contributed by atoms with E-state index in [0.717, 1.165) is 28.3 Å². The zero-order valence-electron chi connectivity index (χ0n) is 15.2. The molecule has 0 heterocycles. The van der Waals surface area contributed by atoms with Crippen LogP contribution in [0, 0.1) is 17.8 Å². The normalized spacial score (nSPS) is 35.4. The lowest BCUT2D eigenvalue weighted by molar-refractivity contribution is -0.128. The quantitative estimate of drug-likeness (QED) is 0.813. The van der Waals surface area contributed by atoms with Gasteiger partial charge in [0.25, 0.3) is 0 Å². The van der Waals surface area contributed by atoms with Crippen molar-refractivity contribution in [3.05, 3.63) is 34.9 Å². The van der Waals surface area contributed by atoms with Gasteiger partial charge in [-0.15, -0.1) is 0 Å². The molecule has 4 bridgehead atoms. The fourth-order valence-corrected chi connectivity index (χ4v) is 6.06. The Morgan fingerprint density at radius 3 is 2.08 bits per heavy atom. The minimum atomic E-state index is -0.196. The van der Waals surface area contributed by atoms with Crippen molar-refractivity contribution in [2.75, 3.05) is 0 Å². The molecule has 1 amide bonds. The monoisotopic (exact) mass is 360 g/mol. The fraction of sp³-hybridized carbons (Fsp3) is 0.667. The molecule has 4 aliphatic carbocycles. The van der Waals surface area contributed by atoms with Crippen molar-refractivity contribution >= 4 is 17.5 Å². The number of benzene rings is 1. The first-order valence-corrected chi connectivity index (χ1v) is 10.1. The van der Waals surface area contributed by atoms with Crippen LogP contribution in [0.5, 0.6) is 0 Å². The van der Waals surface area contributed by atoms with Crippen LogP contribution in [0.1, 0.15) is 64.0 Å². The Kier molecular flexibility index (Phi) is 4.57. The third-order valence-corrected chi connectivity index (χ3v) is 6.94. The molecule has 0 aliphatic heterocycles. The van der Waals surface area contributed by atoms with E-state index in [1.165, 1.54) is 38.5 Å². The van der Waals surface area contributed by atoms with Gasteiger partial charge in [-0.25, -0.2) is 0 Å². The number of hydrogen-bond donors (Lipinski definition) is 2. The lowest BCUT2D eigenvalue weighted by Crippen LogP contribution is -2.62. The molecular formula is C21H29ClN2O. The molecule has 0 aromatic heterocycles. The molecule has 4 heteroatoms. The standard InChI is InChI=1S/C21H29ClN2O/c1-13(18-3-5-19(22)6-4-18)23-14(2)20(25)24-21-10-15-7-16(11-21)9-17(8-15)12-21/h3-6,13-17,23H,7-12H2,1-2H3,(H,24,25)/t13-,14+,15?,16?,17?,21?/m0/s1. The zero-order chi connectivity index (χ0) is 17.6. The third-order valence-electron chi connectivity index (χ3n) is 6.69. The number of carbonyl (C=O) groups is 1. The van der Waals surface area contributed by atoms with E-state index in [1.54, 1.807) is 0 Å². The molecule has 0 unspecified atom stereocenters. The Morgan fingerprint density at radius 2 is 1.56 bits per heavy atom. The van der Waals surface area contributed by atoms with Gasteiger partial charge in [0.1, 0.15) is 0 Å². The van der Waals surface area contributed by atoms with E-state index in [2.05, 4.69) is 17.6 Å². The summed E-state index contributed by atoms with van der Waals surface area (Å²) in [5.74, 6) is 2.70. The van der Waals surface area contributed by atoms with Crippen molar-refractivity contribution in [2.45, 2.75) is 70.0 Å². The van der Waals surface area contributed by atoms with Crippen LogP contribution in [0.15, 0.2) is 24.3 Å². The van der Waals surface area contributed by atoms with E-state index in [0.29, 0.717) is 0 Å². The average Bonchev–Trinajstić information content (AvgIpc) is 2.53. The van der Waals surface area contributed by atoms with Crippen LogP contribution in [0.4, 0.5) is 0 Å². The van der Waals surface area contributed by atoms with Gasteiger partial charge in [0.05, 0.1) is 6.04 Å².